The molecule has 0 N–H and O–H groups in total. The summed E-state index contributed by atoms with van der Waals surface area (Å²) in [5.74, 6) is 0. The van der Waals surface area contributed by atoms with Crippen LogP contribution in [-0.2, 0) is 26.5 Å². The monoisotopic (exact) mass is 873 g/mol. The molecule has 0 bridgehead atoms. The Hall–Kier alpha value is -5.07. The van der Waals surface area contributed by atoms with Crippen molar-refractivity contribution in [1.82, 2.24) is 19.9 Å². The molecular weight excluding hydrogens is 833 g/mol. The van der Waals surface area contributed by atoms with E-state index in [0.29, 0.717) is 5.71 Å². The molecule has 4 aromatic carbocycles. The zero-order valence-corrected chi connectivity index (χ0v) is 33.7. The maximum atomic E-state index is 5.85. The first-order valence-corrected chi connectivity index (χ1v) is 20.8. The van der Waals surface area contributed by atoms with Crippen LogP contribution < -0.4 is 5.19 Å². The van der Waals surface area contributed by atoms with Crippen LogP contribution in [0.1, 0.15) is 28.1 Å². The van der Waals surface area contributed by atoms with Crippen LogP contribution in [0.3, 0.4) is 0 Å². The summed E-state index contributed by atoms with van der Waals surface area (Å²) in [6.07, 6.45) is 4.99. The number of hydrogen-bond acceptors (Lipinski definition) is 5. The van der Waals surface area contributed by atoms with E-state index in [1.807, 2.05) is 68.6 Å². The first-order chi connectivity index (χ1) is 24.6. The van der Waals surface area contributed by atoms with Crippen LogP contribution in [-0.4, -0.2) is 28.0 Å². The minimum atomic E-state index is -1.43. The number of nitrogens with zero attached hydrogens (tertiary/aromatic N) is 4. The van der Waals surface area contributed by atoms with E-state index >= 15 is 0 Å². The van der Waals surface area contributed by atoms with Crippen LogP contribution in [0.2, 0.25) is 19.6 Å². The molecule has 261 valence electrons. The number of furan rings is 1. The van der Waals surface area contributed by atoms with E-state index in [2.05, 4.69) is 116 Å². The van der Waals surface area contributed by atoms with Gasteiger partial charge in [0, 0.05) is 38.1 Å². The summed E-state index contributed by atoms with van der Waals surface area (Å²) in [7, 11) is -1.43. The Bertz CT molecular complexity index is 2460. The number of aromatic nitrogens is 4. The molecule has 0 atom stereocenters. The maximum Gasteiger partial charge on any atom is 0.235 e. The molecule has 0 saturated carbocycles. The van der Waals surface area contributed by atoms with Crippen LogP contribution in [0.15, 0.2) is 126 Å². The number of benzene rings is 4. The van der Waals surface area contributed by atoms with Crippen molar-refractivity contribution in [3.05, 3.63) is 162 Å². The van der Waals surface area contributed by atoms with Crippen LogP contribution in [0, 0.1) is 32.9 Å². The zero-order chi connectivity index (χ0) is 35.5. The van der Waals surface area contributed by atoms with Crippen molar-refractivity contribution in [2.75, 3.05) is 0 Å². The second-order valence-electron chi connectivity index (χ2n) is 13.9. The van der Waals surface area contributed by atoms with Gasteiger partial charge in [0.05, 0.1) is 25.0 Å². The molecule has 52 heavy (non-hydrogen) atoms. The Labute approximate surface area is 320 Å². The molecule has 0 aliphatic rings. The fourth-order valence-electron chi connectivity index (χ4n) is 6.29. The van der Waals surface area contributed by atoms with Crippen LogP contribution in [0.4, 0.5) is 0 Å². The van der Waals surface area contributed by atoms with Gasteiger partial charge in [-0.25, -0.2) is 9.97 Å². The van der Waals surface area contributed by atoms with Crippen molar-refractivity contribution < 1.29 is 24.5 Å². The molecule has 0 spiro atoms. The van der Waals surface area contributed by atoms with Gasteiger partial charge in [-0.3, -0.25) is 0 Å². The van der Waals surface area contributed by atoms with Crippen molar-refractivity contribution in [3.8, 4) is 33.6 Å². The van der Waals surface area contributed by atoms with E-state index in [9.17, 15) is 0 Å². The van der Waals surface area contributed by atoms with Crippen molar-refractivity contribution in [1.29, 1.82) is 0 Å². The third-order valence-corrected chi connectivity index (χ3v) is 11.2. The van der Waals surface area contributed by atoms with Gasteiger partial charge in [0.25, 0.3) is 0 Å². The molecule has 8 rings (SSSR count). The minimum Gasteiger partial charge on any atom is -0.485 e. The predicted molar refractivity (Wildman–Crippen MR) is 212 cm³/mol. The Morgan fingerprint density at radius 2 is 1.37 bits per heavy atom. The van der Waals surface area contributed by atoms with Gasteiger partial charge in [-0.1, -0.05) is 98.0 Å². The van der Waals surface area contributed by atoms with Crippen LogP contribution >= 0.6 is 0 Å². The normalized spacial score (nSPS) is 11.2. The van der Waals surface area contributed by atoms with Gasteiger partial charge in [-0.15, -0.1) is 59.7 Å². The van der Waals surface area contributed by atoms with Crippen LogP contribution in [0.25, 0.3) is 55.8 Å². The summed E-state index contributed by atoms with van der Waals surface area (Å²) in [5, 5.41) is 2.38. The van der Waals surface area contributed by atoms with Crippen molar-refractivity contribution in [3.63, 3.8) is 0 Å². The quantitative estimate of drug-likeness (QED) is 0.123. The molecule has 0 amide bonds. The summed E-state index contributed by atoms with van der Waals surface area (Å²) in [4.78, 5) is 18.6. The molecule has 0 unspecified atom stereocenters. The molecule has 0 aliphatic heterocycles. The molecule has 4 heterocycles. The summed E-state index contributed by atoms with van der Waals surface area (Å²) in [6.45, 7) is 13.2. The summed E-state index contributed by atoms with van der Waals surface area (Å²) in [5.41, 5.74) is 14.0. The first kappa shape index (κ1) is 36.7. The van der Waals surface area contributed by atoms with Gasteiger partial charge >= 0.3 is 0 Å². The van der Waals surface area contributed by atoms with E-state index in [0.717, 1.165) is 62.4 Å². The second-order valence-corrected chi connectivity index (χ2v) is 19.0. The molecule has 4 aromatic heterocycles. The van der Waals surface area contributed by atoms with Crippen LogP contribution in [0.5, 0.6) is 0 Å². The molecule has 0 fully saturated rings. The Balaban J connectivity index is 0.000000179. The predicted octanol–water partition coefficient (Wildman–Crippen LogP) is 10.5. The first-order valence-electron chi connectivity index (χ1n) is 17.3. The molecule has 7 heteroatoms. The standard InChI is InChI=1S/C24H18N3O.C21H22NSi.Ir/c1-14-11-21(25-13-20(14)17-7-5-4-6-8-17)18-9-10-22-19(12-18)23-24(28-22)27-16(3)15(2)26-23;1-23(2,3)21-16-22-20(18-12-8-5-9-13-18)15-19(21)14-17-10-6-4-7-11-17;/h4-8,10-13H,1-3H3;4-12,15-16H,14H2,1-3H3;/q2*-1;. The topological polar surface area (TPSA) is 64.7 Å². The second kappa shape index (κ2) is 15.7. The molecule has 0 saturated heterocycles. The Kier molecular flexibility index (Phi) is 11.1. The van der Waals surface area contributed by atoms with E-state index in [1.54, 1.807) is 0 Å². The zero-order valence-electron chi connectivity index (χ0n) is 30.3. The Morgan fingerprint density at radius 3 is 2.06 bits per heavy atom. The number of rotatable bonds is 6. The van der Waals surface area contributed by atoms with Crippen molar-refractivity contribution in [2.45, 2.75) is 46.8 Å². The van der Waals surface area contributed by atoms with Gasteiger partial charge < -0.3 is 14.4 Å². The summed E-state index contributed by atoms with van der Waals surface area (Å²) in [6, 6.07) is 43.8. The van der Waals surface area contributed by atoms with E-state index in [1.165, 1.54) is 27.4 Å². The van der Waals surface area contributed by atoms with Gasteiger partial charge in [-0.05, 0) is 65.8 Å². The number of fused-ring (bicyclic) bond motifs is 3. The van der Waals surface area contributed by atoms with E-state index < -0.39 is 8.07 Å². The van der Waals surface area contributed by atoms with Gasteiger partial charge in [-0.2, -0.15) is 0 Å². The third-order valence-electron chi connectivity index (χ3n) is 9.14. The average Bonchev–Trinajstić information content (AvgIpc) is 3.49. The fourth-order valence-corrected chi connectivity index (χ4v) is 7.86. The third kappa shape index (κ3) is 8.03. The van der Waals surface area contributed by atoms with Gasteiger partial charge in [0.2, 0.25) is 5.71 Å². The van der Waals surface area contributed by atoms with Crippen molar-refractivity contribution >= 4 is 35.5 Å². The van der Waals surface area contributed by atoms with Crippen molar-refractivity contribution in [2.24, 2.45) is 0 Å². The van der Waals surface area contributed by atoms with Gasteiger partial charge in [0.15, 0.2) is 0 Å². The minimum absolute atomic E-state index is 0. The number of pyridine rings is 2. The molecule has 5 nitrogen and oxygen atoms in total. The smallest absolute Gasteiger partial charge is 0.235 e. The Morgan fingerprint density at radius 1 is 0.692 bits per heavy atom. The largest absolute Gasteiger partial charge is 0.485 e. The van der Waals surface area contributed by atoms with E-state index in [-0.39, 0.29) is 20.1 Å². The van der Waals surface area contributed by atoms with Gasteiger partial charge in [0.1, 0.15) is 5.52 Å². The fraction of sp³-hybridized carbons (Fsp3) is 0.156. The number of aryl methyl sites for hydroxylation is 3. The molecular formula is C45H40IrN4OSi-2. The molecule has 8 aromatic rings. The maximum absolute atomic E-state index is 5.85. The molecule has 1 radical (unpaired) electrons. The summed E-state index contributed by atoms with van der Waals surface area (Å²) < 4.78 is 5.85. The number of hydrogen-bond donors (Lipinski definition) is 0. The van der Waals surface area contributed by atoms with E-state index in [4.69, 9.17) is 14.4 Å². The SMILES string of the molecule is C[Si](C)(C)c1cnc(-c2[c-]cccc2)cc1Cc1ccccc1.Cc1cc(-c2[c-]cc3oc4nc(C)c(C)nc4c3c2)ncc1-c1ccccc1.[Ir]. The average molecular weight is 873 g/mol. The summed E-state index contributed by atoms with van der Waals surface area (Å²) >= 11 is 0. The molecule has 0 aliphatic carbocycles.